The number of halogens is 1. The van der Waals surface area contributed by atoms with E-state index in [2.05, 4.69) is 11.4 Å². The first-order valence-electron chi connectivity index (χ1n) is 6.52. The first-order valence-corrected chi connectivity index (χ1v) is 6.90. The van der Waals surface area contributed by atoms with Gasteiger partial charge < -0.3 is 10.2 Å². The Hall–Kier alpha value is -1.06. The number of nitrogens with one attached hydrogen (secondary N) is 1. The lowest BCUT2D eigenvalue weighted by Crippen LogP contribution is -2.51. The van der Waals surface area contributed by atoms with E-state index in [0.717, 1.165) is 37.5 Å². The third kappa shape index (κ3) is 2.13. The zero-order valence-electron chi connectivity index (χ0n) is 10.2. The average molecular weight is 265 g/mol. The lowest BCUT2D eigenvalue weighted by Gasteiger charge is -2.33. The molecule has 1 amide bonds. The van der Waals surface area contributed by atoms with E-state index in [1.165, 1.54) is 5.56 Å². The highest BCUT2D eigenvalue weighted by Crippen LogP contribution is 2.34. The SMILES string of the molecule is O=C(C1CNC1)N1CCCC1c1cccc(Cl)c1. The molecule has 0 saturated carbocycles. The van der Waals surface area contributed by atoms with Crippen LogP contribution in [0.3, 0.4) is 0 Å². The monoisotopic (exact) mass is 264 g/mol. The number of carbonyl (C=O) groups excluding carboxylic acids is 1. The van der Waals surface area contributed by atoms with Crippen LogP contribution in [0.4, 0.5) is 0 Å². The maximum Gasteiger partial charge on any atom is 0.228 e. The fourth-order valence-electron chi connectivity index (χ4n) is 2.79. The predicted octanol–water partition coefficient (Wildman–Crippen LogP) is 2.22. The van der Waals surface area contributed by atoms with Crippen LogP contribution in [0.25, 0.3) is 0 Å². The summed E-state index contributed by atoms with van der Waals surface area (Å²) in [4.78, 5) is 14.4. The van der Waals surface area contributed by atoms with Crippen molar-refractivity contribution in [3.8, 4) is 0 Å². The molecule has 2 aliphatic rings. The molecule has 0 spiro atoms. The normalized spacial score (nSPS) is 24.1. The second kappa shape index (κ2) is 4.90. The van der Waals surface area contributed by atoms with E-state index < -0.39 is 0 Å². The molecule has 2 saturated heterocycles. The summed E-state index contributed by atoms with van der Waals surface area (Å²) < 4.78 is 0. The Morgan fingerprint density at radius 3 is 2.89 bits per heavy atom. The fourth-order valence-corrected chi connectivity index (χ4v) is 2.99. The van der Waals surface area contributed by atoms with Crippen molar-refractivity contribution in [3.63, 3.8) is 0 Å². The van der Waals surface area contributed by atoms with Crippen LogP contribution in [-0.2, 0) is 4.79 Å². The summed E-state index contributed by atoms with van der Waals surface area (Å²) in [5.74, 6) is 0.487. The summed E-state index contributed by atoms with van der Waals surface area (Å²) in [6.07, 6.45) is 2.13. The molecule has 96 valence electrons. The Morgan fingerprint density at radius 1 is 1.39 bits per heavy atom. The van der Waals surface area contributed by atoms with Crippen molar-refractivity contribution in [2.75, 3.05) is 19.6 Å². The Morgan fingerprint density at radius 2 is 2.22 bits per heavy atom. The molecule has 3 nitrogen and oxygen atoms in total. The zero-order valence-corrected chi connectivity index (χ0v) is 11.0. The highest BCUT2D eigenvalue weighted by Gasteiger charge is 2.36. The third-order valence-electron chi connectivity index (χ3n) is 3.90. The number of hydrogen-bond acceptors (Lipinski definition) is 2. The van der Waals surface area contributed by atoms with Crippen LogP contribution in [0.2, 0.25) is 5.02 Å². The van der Waals surface area contributed by atoms with Gasteiger partial charge >= 0.3 is 0 Å². The number of hydrogen-bond donors (Lipinski definition) is 1. The lowest BCUT2D eigenvalue weighted by atomic mass is 9.99. The van der Waals surface area contributed by atoms with Crippen molar-refractivity contribution >= 4 is 17.5 Å². The van der Waals surface area contributed by atoms with Crippen molar-refractivity contribution in [2.45, 2.75) is 18.9 Å². The molecule has 2 aliphatic heterocycles. The molecule has 1 atom stereocenters. The maximum absolute atomic E-state index is 12.3. The summed E-state index contributed by atoms with van der Waals surface area (Å²) in [6, 6.07) is 8.11. The Labute approximate surface area is 112 Å². The molecule has 3 rings (SSSR count). The summed E-state index contributed by atoms with van der Waals surface area (Å²) in [7, 11) is 0. The van der Waals surface area contributed by atoms with Gasteiger partial charge in [-0.2, -0.15) is 0 Å². The quantitative estimate of drug-likeness (QED) is 0.888. The van der Waals surface area contributed by atoms with E-state index in [1.54, 1.807) is 0 Å². The molecular weight excluding hydrogens is 248 g/mol. The molecule has 1 aromatic rings. The minimum Gasteiger partial charge on any atom is -0.335 e. The van der Waals surface area contributed by atoms with E-state index in [4.69, 9.17) is 11.6 Å². The van der Waals surface area contributed by atoms with Gasteiger partial charge in [0.2, 0.25) is 5.91 Å². The maximum atomic E-state index is 12.3. The van der Waals surface area contributed by atoms with Gasteiger partial charge in [-0.3, -0.25) is 4.79 Å². The van der Waals surface area contributed by atoms with E-state index >= 15 is 0 Å². The topological polar surface area (TPSA) is 32.3 Å². The number of nitrogens with zero attached hydrogens (tertiary/aromatic N) is 1. The third-order valence-corrected chi connectivity index (χ3v) is 4.14. The summed E-state index contributed by atoms with van der Waals surface area (Å²) in [5, 5.41) is 3.91. The standard InChI is InChI=1S/C14H17ClN2O/c15-12-4-1-3-10(7-12)13-5-2-6-17(13)14(18)11-8-16-9-11/h1,3-4,7,11,13,16H,2,5-6,8-9H2. The van der Waals surface area contributed by atoms with Crippen LogP contribution in [-0.4, -0.2) is 30.4 Å². The van der Waals surface area contributed by atoms with Crippen LogP contribution in [0.5, 0.6) is 0 Å². The average Bonchev–Trinajstić information content (AvgIpc) is 2.75. The van der Waals surface area contributed by atoms with Crippen molar-refractivity contribution < 1.29 is 4.79 Å². The van der Waals surface area contributed by atoms with Crippen LogP contribution in [0.15, 0.2) is 24.3 Å². The Kier molecular flexibility index (Phi) is 3.27. The van der Waals surface area contributed by atoms with Gasteiger partial charge in [-0.25, -0.2) is 0 Å². The second-order valence-corrected chi connectivity index (χ2v) is 5.54. The zero-order chi connectivity index (χ0) is 12.5. The summed E-state index contributed by atoms with van der Waals surface area (Å²) in [6.45, 7) is 2.54. The van der Waals surface area contributed by atoms with E-state index in [0.29, 0.717) is 5.91 Å². The van der Waals surface area contributed by atoms with Crippen molar-refractivity contribution in [3.05, 3.63) is 34.9 Å². The number of benzene rings is 1. The van der Waals surface area contributed by atoms with Crippen molar-refractivity contribution in [1.82, 2.24) is 10.2 Å². The highest BCUT2D eigenvalue weighted by molar-refractivity contribution is 6.30. The van der Waals surface area contributed by atoms with Gasteiger partial charge in [-0.1, -0.05) is 23.7 Å². The van der Waals surface area contributed by atoms with E-state index in [9.17, 15) is 4.79 Å². The van der Waals surface area contributed by atoms with Gasteiger partial charge in [0.25, 0.3) is 0 Å². The summed E-state index contributed by atoms with van der Waals surface area (Å²) in [5.41, 5.74) is 1.17. The number of likely N-dealkylation sites (tertiary alicyclic amines) is 1. The van der Waals surface area contributed by atoms with Crippen molar-refractivity contribution in [2.24, 2.45) is 5.92 Å². The van der Waals surface area contributed by atoms with Crippen molar-refractivity contribution in [1.29, 1.82) is 0 Å². The molecule has 1 unspecified atom stereocenters. The van der Waals surface area contributed by atoms with Gasteiger partial charge in [0.1, 0.15) is 0 Å². The van der Waals surface area contributed by atoms with Crippen LogP contribution in [0, 0.1) is 5.92 Å². The molecule has 0 bridgehead atoms. The van der Waals surface area contributed by atoms with Gasteiger partial charge in [0.15, 0.2) is 0 Å². The molecule has 1 aromatic carbocycles. The highest BCUT2D eigenvalue weighted by atomic mass is 35.5. The lowest BCUT2D eigenvalue weighted by molar-refractivity contribution is -0.138. The number of carbonyl (C=O) groups is 1. The first-order chi connectivity index (χ1) is 8.75. The first kappa shape index (κ1) is 12.0. The van der Waals surface area contributed by atoms with Crippen LogP contribution >= 0.6 is 11.6 Å². The van der Waals surface area contributed by atoms with Gasteiger partial charge in [0.05, 0.1) is 12.0 Å². The molecule has 18 heavy (non-hydrogen) atoms. The van der Waals surface area contributed by atoms with Crippen LogP contribution < -0.4 is 5.32 Å². The molecule has 0 aromatic heterocycles. The molecule has 0 radical (unpaired) electrons. The largest absolute Gasteiger partial charge is 0.335 e. The fraction of sp³-hybridized carbons (Fsp3) is 0.500. The van der Waals surface area contributed by atoms with Crippen LogP contribution in [0.1, 0.15) is 24.4 Å². The molecule has 0 aliphatic carbocycles. The molecule has 2 fully saturated rings. The minimum atomic E-state index is 0.185. The predicted molar refractivity (Wildman–Crippen MR) is 71.5 cm³/mol. The molecule has 2 heterocycles. The second-order valence-electron chi connectivity index (χ2n) is 5.10. The van der Waals surface area contributed by atoms with Gasteiger partial charge in [-0.15, -0.1) is 0 Å². The Bertz CT molecular complexity index is 459. The molecular formula is C14H17ClN2O. The van der Waals surface area contributed by atoms with E-state index in [-0.39, 0.29) is 12.0 Å². The van der Waals surface area contributed by atoms with Gasteiger partial charge in [-0.05, 0) is 30.5 Å². The number of rotatable bonds is 2. The smallest absolute Gasteiger partial charge is 0.228 e. The minimum absolute atomic E-state index is 0.185. The molecule has 1 N–H and O–H groups in total. The number of amides is 1. The Balaban J connectivity index is 1.80. The van der Waals surface area contributed by atoms with E-state index in [1.807, 2.05) is 23.1 Å². The van der Waals surface area contributed by atoms with Gasteiger partial charge in [0, 0.05) is 24.7 Å². The molecule has 4 heteroatoms. The summed E-state index contributed by atoms with van der Waals surface area (Å²) >= 11 is 6.04.